The average Bonchev–Trinajstić information content (AvgIpc) is 2.90. The first-order valence-electron chi connectivity index (χ1n) is 7.37. The van der Waals surface area contributed by atoms with E-state index >= 15 is 0 Å². The lowest BCUT2D eigenvalue weighted by Gasteiger charge is -2.16. The van der Waals surface area contributed by atoms with Crippen molar-refractivity contribution in [3.8, 4) is 0 Å². The zero-order valence-electron chi connectivity index (χ0n) is 13.3. The molecule has 2 N–H and O–H groups in total. The highest BCUT2D eigenvalue weighted by molar-refractivity contribution is 7.12. The molecule has 2 rings (SSSR count). The fourth-order valence-corrected chi connectivity index (χ4v) is 3.00. The molecule has 0 spiro atoms. The van der Waals surface area contributed by atoms with E-state index in [1.807, 2.05) is 0 Å². The number of aryl methyl sites for hydroxylation is 2. The number of carbonyl (C=O) groups is 1. The van der Waals surface area contributed by atoms with Gasteiger partial charge in [-0.15, -0.1) is 11.3 Å². The zero-order valence-corrected chi connectivity index (χ0v) is 14.1. The maximum absolute atomic E-state index is 11.5. The van der Waals surface area contributed by atoms with Crippen LogP contribution in [0.3, 0.4) is 0 Å². The van der Waals surface area contributed by atoms with Gasteiger partial charge in [0.05, 0.1) is 6.04 Å². The molecular weight excluding hydrogens is 298 g/mol. The van der Waals surface area contributed by atoms with Crippen molar-refractivity contribution in [1.82, 2.24) is 15.0 Å². The molecule has 1 unspecified atom stereocenters. The van der Waals surface area contributed by atoms with E-state index in [1.54, 1.807) is 25.2 Å². The molecule has 2 aromatic heterocycles. The Bertz CT molecular complexity index is 655. The SMILES string of the molecule is CCC(=O)Nc1nc(C)nc(NC(CC)c2ccc(C)s2)n1. The summed E-state index contributed by atoms with van der Waals surface area (Å²) in [4.78, 5) is 26.7. The third kappa shape index (κ3) is 4.24. The Hall–Kier alpha value is -2.02. The van der Waals surface area contributed by atoms with Crippen LogP contribution in [0.25, 0.3) is 0 Å². The molecule has 0 saturated heterocycles. The van der Waals surface area contributed by atoms with Gasteiger partial charge in [0.2, 0.25) is 17.8 Å². The standard InChI is InChI=1S/C15H21N5OS/c1-5-11(12-8-7-9(3)22-12)18-14-16-10(4)17-15(20-14)19-13(21)6-2/h7-8,11H,5-6H2,1-4H3,(H2,16,17,18,19,20,21). The quantitative estimate of drug-likeness (QED) is 0.852. The van der Waals surface area contributed by atoms with Gasteiger partial charge in [0, 0.05) is 16.2 Å². The summed E-state index contributed by atoms with van der Waals surface area (Å²) in [6.07, 6.45) is 1.31. The number of carbonyl (C=O) groups excluding carboxylic acids is 1. The lowest BCUT2D eigenvalue weighted by atomic mass is 10.2. The molecule has 22 heavy (non-hydrogen) atoms. The molecule has 1 amide bonds. The molecule has 2 heterocycles. The summed E-state index contributed by atoms with van der Waals surface area (Å²) in [6.45, 7) is 7.77. The van der Waals surface area contributed by atoms with E-state index in [0.29, 0.717) is 24.1 Å². The van der Waals surface area contributed by atoms with Gasteiger partial charge in [0.1, 0.15) is 5.82 Å². The minimum absolute atomic E-state index is 0.113. The summed E-state index contributed by atoms with van der Waals surface area (Å²) in [7, 11) is 0. The van der Waals surface area contributed by atoms with Crippen molar-refractivity contribution in [2.75, 3.05) is 10.6 Å². The summed E-state index contributed by atoms with van der Waals surface area (Å²) in [6, 6.07) is 4.38. The summed E-state index contributed by atoms with van der Waals surface area (Å²) in [5.41, 5.74) is 0. The van der Waals surface area contributed by atoms with Crippen molar-refractivity contribution in [2.24, 2.45) is 0 Å². The van der Waals surface area contributed by atoms with E-state index in [4.69, 9.17) is 0 Å². The third-order valence-corrected chi connectivity index (χ3v) is 4.25. The van der Waals surface area contributed by atoms with Crippen molar-refractivity contribution >= 4 is 29.1 Å². The van der Waals surface area contributed by atoms with Crippen LogP contribution in [0.2, 0.25) is 0 Å². The fraction of sp³-hybridized carbons (Fsp3) is 0.467. The third-order valence-electron chi connectivity index (χ3n) is 3.14. The van der Waals surface area contributed by atoms with Gasteiger partial charge in [-0.25, -0.2) is 0 Å². The van der Waals surface area contributed by atoms with Crippen LogP contribution in [0, 0.1) is 13.8 Å². The fourth-order valence-electron chi connectivity index (χ4n) is 1.99. The van der Waals surface area contributed by atoms with Gasteiger partial charge < -0.3 is 5.32 Å². The number of amides is 1. The Morgan fingerprint density at radius 2 is 1.91 bits per heavy atom. The number of hydrogen-bond acceptors (Lipinski definition) is 6. The van der Waals surface area contributed by atoms with E-state index in [9.17, 15) is 4.79 Å². The maximum Gasteiger partial charge on any atom is 0.234 e. The van der Waals surface area contributed by atoms with Crippen molar-refractivity contribution in [2.45, 2.75) is 46.6 Å². The molecule has 0 saturated carbocycles. The topological polar surface area (TPSA) is 79.8 Å². The Labute approximate surface area is 134 Å². The number of nitrogens with one attached hydrogen (secondary N) is 2. The van der Waals surface area contributed by atoms with Crippen LogP contribution in [-0.2, 0) is 4.79 Å². The molecule has 6 nitrogen and oxygen atoms in total. The van der Waals surface area contributed by atoms with Crippen molar-refractivity contribution in [3.05, 3.63) is 27.7 Å². The highest BCUT2D eigenvalue weighted by atomic mass is 32.1. The van der Waals surface area contributed by atoms with Crippen LogP contribution in [-0.4, -0.2) is 20.9 Å². The molecule has 0 aliphatic heterocycles. The molecule has 1 atom stereocenters. The summed E-state index contributed by atoms with van der Waals surface area (Å²) in [5, 5.41) is 6.00. The number of rotatable bonds is 6. The predicted molar refractivity (Wildman–Crippen MR) is 89.2 cm³/mol. The zero-order chi connectivity index (χ0) is 16.1. The second-order valence-corrected chi connectivity index (χ2v) is 6.30. The number of nitrogens with zero attached hydrogens (tertiary/aromatic N) is 3. The van der Waals surface area contributed by atoms with Crippen LogP contribution in [0.5, 0.6) is 0 Å². The molecule has 7 heteroatoms. The van der Waals surface area contributed by atoms with Crippen molar-refractivity contribution in [1.29, 1.82) is 0 Å². The number of aromatic nitrogens is 3. The molecule has 0 aliphatic carbocycles. The Balaban J connectivity index is 2.18. The number of anilines is 2. The summed E-state index contributed by atoms with van der Waals surface area (Å²) >= 11 is 1.76. The van der Waals surface area contributed by atoms with E-state index in [0.717, 1.165) is 6.42 Å². The largest absolute Gasteiger partial charge is 0.346 e. The van der Waals surface area contributed by atoms with Gasteiger partial charge in [-0.05, 0) is 32.4 Å². The molecule has 118 valence electrons. The maximum atomic E-state index is 11.5. The molecule has 2 aromatic rings. The van der Waals surface area contributed by atoms with Crippen LogP contribution >= 0.6 is 11.3 Å². The lowest BCUT2D eigenvalue weighted by Crippen LogP contribution is -2.16. The Morgan fingerprint density at radius 1 is 1.18 bits per heavy atom. The number of hydrogen-bond donors (Lipinski definition) is 2. The first kappa shape index (κ1) is 16.4. The summed E-state index contributed by atoms with van der Waals surface area (Å²) in [5.74, 6) is 1.23. The molecule has 0 fully saturated rings. The normalized spacial score (nSPS) is 12.0. The average molecular weight is 319 g/mol. The van der Waals surface area contributed by atoms with E-state index in [-0.39, 0.29) is 11.9 Å². The van der Waals surface area contributed by atoms with E-state index in [2.05, 4.69) is 51.6 Å². The predicted octanol–water partition coefficient (Wildman–Crippen LogP) is 3.46. The van der Waals surface area contributed by atoms with Crippen LogP contribution in [0.4, 0.5) is 11.9 Å². The number of thiophene rings is 1. The van der Waals surface area contributed by atoms with Crippen LogP contribution in [0.1, 0.15) is 48.3 Å². The van der Waals surface area contributed by atoms with Crippen LogP contribution < -0.4 is 10.6 Å². The van der Waals surface area contributed by atoms with Gasteiger partial charge in [0.15, 0.2) is 0 Å². The monoisotopic (exact) mass is 319 g/mol. The van der Waals surface area contributed by atoms with E-state index < -0.39 is 0 Å². The summed E-state index contributed by atoms with van der Waals surface area (Å²) < 4.78 is 0. The first-order valence-corrected chi connectivity index (χ1v) is 8.18. The van der Waals surface area contributed by atoms with Gasteiger partial charge in [-0.1, -0.05) is 13.8 Å². The minimum atomic E-state index is -0.113. The van der Waals surface area contributed by atoms with Gasteiger partial charge in [0.25, 0.3) is 0 Å². The lowest BCUT2D eigenvalue weighted by molar-refractivity contribution is -0.115. The van der Waals surface area contributed by atoms with Gasteiger partial charge >= 0.3 is 0 Å². The Kier molecular flexibility index (Phi) is 5.43. The Morgan fingerprint density at radius 3 is 2.50 bits per heavy atom. The smallest absolute Gasteiger partial charge is 0.234 e. The molecule has 0 radical (unpaired) electrons. The van der Waals surface area contributed by atoms with Crippen molar-refractivity contribution in [3.63, 3.8) is 0 Å². The highest BCUT2D eigenvalue weighted by Crippen LogP contribution is 2.27. The second-order valence-electron chi connectivity index (χ2n) is 4.99. The molecule has 0 bridgehead atoms. The second kappa shape index (κ2) is 7.31. The minimum Gasteiger partial charge on any atom is -0.346 e. The van der Waals surface area contributed by atoms with Crippen molar-refractivity contribution < 1.29 is 4.79 Å². The van der Waals surface area contributed by atoms with E-state index in [1.165, 1.54) is 9.75 Å². The van der Waals surface area contributed by atoms with Gasteiger partial charge in [-0.3, -0.25) is 10.1 Å². The van der Waals surface area contributed by atoms with Crippen LogP contribution in [0.15, 0.2) is 12.1 Å². The highest BCUT2D eigenvalue weighted by Gasteiger charge is 2.14. The van der Waals surface area contributed by atoms with Gasteiger partial charge in [-0.2, -0.15) is 15.0 Å². The molecule has 0 aliphatic rings. The molecule has 0 aromatic carbocycles. The first-order chi connectivity index (χ1) is 10.5. The molecular formula is C15H21N5OS.